The molecule has 0 spiro atoms. The van der Waals surface area contributed by atoms with Gasteiger partial charge in [-0.05, 0) is 61.1 Å². The van der Waals surface area contributed by atoms with Crippen molar-refractivity contribution in [3.8, 4) is 18.1 Å². The van der Waals surface area contributed by atoms with Crippen LogP contribution in [-0.2, 0) is 15.1 Å². The van der Waals surface area contributed by atoms with E-state index in [1.165, 1.54) is 0 Å². The second-order valence-electron chi connectivity index (χ2n) is 6.97. The summed E-state index contributed by atoms with van der Waals surface area (Å²) in [5.74, 6) is 2.00. The van der Waals surface area contributed by atoms with Crippen molar-refractivity contribution in [1.82, 2.24) is 10.6 Å². The number of halogens is 1. The van der Waals surface area contributed by atoms with Gasteiger partial charge in [-0.2, -0.15) is 0 Å². The largest absolute Gasteiger partial charge is 0.484 e. The van der Waals surface area contributed by atoms with Gasteiger partial charge in [0.1, 0.15) is 5.75 Å². The normalized spacial score (nSPS) is 20.4. The van der Waals surface area contributed by atoms with E-state index in [2.05, 4.69) is 10.6 Å². The molecular weight excluding hydrogens is 376 g/mol. The molecule has 144 valence electrons. The molecule has 0 radical (unpaired) electrons. The number of ether oxygens (including phenoxy) is 1. The molecule has 1 saturated carbocycles. The van der Waals surface area contributed by atoms with Gasteiger partial charge in [0, 0.05) is 11.1 Å². The molecule has 2 aromatic carbocycles. The molecule has 5 nitrogen and oxygen atoms in total. The van der Waals surface area contributed by atoms with Gasteiger partial charge >= 0.3 is 0 Å². The molecule has 1 aliphatic rings. The zero-order valence-corrected chi connectivity index (χ0v) is 16.3. The fraction of sp³-hybridized carbons (Fsp3) is 0.273. The van der Waals surface area contributed by atoms with Crippen LogP contribution < -0.4 is 15.4 Å². The zero-order chi connectivity index (χ0) is 20.1. The molecule has 6 heteroatoms. The molecule has 0 aromatic heterocycles. The minimum absolute atomic E-state index is 0.0970. The van der Waals surface area contributed by atoms with E-state index in [1.54, 1.807) is 12.1 Å². The van der Waals surface area contributed by atoms with E-state index in [-0.39, 0.29) is 18.6 Å². The summed E-state index contributed by atoms with van der Waals surface area (Å²) in [5, 5.41) is 6.43. The first-order chi connectivity index (χ1) is 13.4. The van der Waals surface area contributed by atoms with Gasteiger partial charge in [0.05, 0.1) is 5.54 Å². The second-order valence-corrected chi connectivity index (χ2v) is 7.40. The van der Waals surface area contributed by atoms with Crippen LogP contribution in [-0.4, -0.2) is 24.5 Å². The molecule has 28 heavy (non-hydrogen) atoms. The van der Waals surface area contributed by atoms with Crippen molar-refractivity contribution < 1.29 is 14.3 Å². The Morgan fingerprint density at radius 2 is 1.96 bits per heavy atom. The average Bonchev–Trinajstić information content (AvgIpc) is 2.65. The van der Waals surface area contributed by atoms with E-state index in [0.29, 0.717) is 23.6 Å². The van der Waals surface area contributed by atoms with Gasteiger partial charge in [0.2, 0.25) is 0 Å². The standard InChI is InChI=1S/C22H21ClN2O3/c1-3-20(26)24-18-12-22(13-18,16-7-9-17(23)10-8-16)25-21(27)14-28-19-6-4-5-15(2)11-19/h1,4-11,18H,12-14H2,2H3,(H,24,26)(H,25,27). The van der Waals surface area contributed by atoms with Crippen LogP contribution in [0.15, 0.2) is 48.5 Å². The topological polar surface area (TPSA) is 67.4 Å². The molecule has 0 heterocycles. The smallest absolute Gasteiger partial charge is 0.295 e. The summed E-state index contributed by atoms with van der Waals surface area (Å²) in [5.41, 5.74) is 1.39. The molecule has 3 rings (SSSR count). The third-order valence-corrected chi connectivity index (χ3v) is 5.04. The first kappa shape index (κ1) is 19.8. The van der Waals surface area contributed by atoms with Crippen molar-refractivity contribution in [2.75, 3.05) is 6.61 Å². The van der Waals surface area contributed by atoms with Crippen LogP contribution in [0.2, 0.25) is 5.02 Å². The number of amides is 2. The Kier molecular flexibility index (Phi) is 5.91. The summed E-state index contributed by atoms with van der Waals surface area (Å²) in [7, 11) is 0. The molecule has 2 N–H and O–H groups in total. The number of terminal acetylenes is 1. The van der Waals surface area contributed by atoms with Gasteiger partial charge in [-0.1, -0.05) is 35.9 Å². The lowest BCUT2D eigenvalue weighted by Crippen LogP contribution is -2.61. The number of aryl methyl sites for hydroxylation is 1. The van der Waals surface area contributed by atoms with E-state index in [9.17, 15) is 9.59 Å². The quantitative estimate of drug-likeness (QED) is 0.738. The number of nitrogens with one attached hydrogen (secondary N) is 2. The van der Waals surface area contributed by atoms with Crippen LogP contribution in [0.5, 0.6) is 5.75 Å². The number of carbonyl (C=O) groups is 2. The fourth-order valence-corrected chi connectivity index (χ4v) is 3.57. The SMILES string of the molecule is C#CC(=O)NC1CC(NC(=O)COc2cccc(C)c2)(c2ccc(Cl)cc2)C1. The molecule has 1 aliphatic carbocycles. The van der Waals surface area contributed by atoms with Crippen molar-refractivity contribution >= 4 is 23.4 Å². The van der Waals surface area contributed by atoms with Crippen molar-refractivity contribution in [1.29, 1.82) is 0 Å². The third-order valence-electron chi connectivity index (χ3n) is 4.79. The van der Waals surface area contributed by atoms with Gasteiger partial charge in [0.25, 0.3) is 11.8 Å². The average molecular weight is 397 g/mol. The Hall–Kier alpha value is -2.97. The highest BCUT2D eigenvalue weighted by Gasteiger charge is 2.47. The van der Waals surface area contributed by atoms with Crippen LogP contribution in [0.3, 0.4) is 0 Å². The van der Waals surface area contributed by atoms with Gasteiger partial charge in [0.15, 0.2) is 6.61 Å². The van der Waals surface area contributed by atoms with E-state index in [0.717, 1.165) is 11.1 Å². The predicted octanol–water partition coefficient (Wildman–Crippen LogP) is 2.95. The number of hydrogen-bond acceptors (Lipinski definition) is 3. The summed E-state index contributed by atoms with van der Waals surface area (Å²) in [6.07, 6.45) is 6.20. The predicted molar refractivity (Wildman–Crippen MR) is 108 cm³/mol. The molecule has 2 amide bonds. The van der Waals surface area contributed by atoms with Gasteiger partial charge in [-0.15, -0.1) is 6.42 Å². The Balaban J connectivity index is 1.67. The van der Waals surface area contributed by atoms with Crippen LogP contribution in [0.4, 0.5) is 0 Å². The lowest BCUT2D eigenvalue weighted by atomic mass is 9.68. The van der Waals surface area contributed by atoms with Crippen LogP contribution in [0.25, 0.3) is 0 Å². The Labute approximate surface area is 169 Å². The molecule has 1 fully saturated rings. The Morgan fingerprint density at radius 3 is 2.61 bits per heavy atom. The summed E-state index contributed by atoms with van der Waals surface area (Å²) in [6.45, 7) is 1.86. The highest BCUT2D eigenvalue weighted by atomic mass is 35.5. The van der Waals surface area contributed by atoms with Crippen molar-refractivity contribution in [2.24, 2.45) is 0 Å². The number of benzene rings is 2. The minimum atomic E-state index is -0.593. The van der Waals surface area contributed by atoms with E-state index < -0.39 is 11.4 Å². The lowest BCUT2D eigenvalue weighted by Gasteiger charge is -2.48. The number of hydrogen-bond donors (Lipinski definition) is 2. The lowest BCUT2D eigenvalue weighted by molar-refractivity contribution is -0.127. The van der Waals surface area contributed by atoms with Crippen molar-refractivity contribution in [3.63, 3.8) is 0 Å². The van der Waals surface area contributed by atoms with Gasteiger partial charge in [-0.3, -0.25) is 9.59 Å². The number of rotatable bonds is 6. The zero-order valence-electron chi connectivity index (χ0n) is 15.5. The maximum atomic E-state index is 12.6. The fourth-order valence-electron chi connectivity index (χ4n) is 3.45. The van der Waals surface area contributed by atoms with E-state index >= 15 is 0 Å². The molecule has 0 aliphatic heterocycles. The van der Waals surface area contributed by atoms with Gasteiger partial charge in [-0.25, -0.2) is 0 Å². The van der Waals surface area contributed by atoms with E-state index in [4.69, 9.17) is 22.8 Å². The van der Waals surface area contributed by atoms with E-state index in [1.807, 2.05) is 49.2 Å². The summed E-state index contributed by atoms with van der Waals surface area (Å²) >= 11 is 5.99. The van der Waals surface area contributed by atoms with Crippen molar-refractivity contribution in [3.05, 3.63) is 64.7 Å². The maximum absolute atomic E-state index is 12.6. The highest BCUT2D eigenvalue weighted by Crippen LogP contribution is 2.42. The number of carbonyl (C=O) groups excluding carboxylic acids is 2. The first-order valence-corrected chi connectivity index (χ1v) is 9.32. The minimum Gasteiger partial charge on any atom is -0.484 e. The molecular formula is C22H21ClN2O3. The van der Waals surface area contributed by atoms with Crippen molar-refractivity contribution in [2.45, 2.75) is 31.3 Å². The molecule has 2 aromatic rings. The summed E-state index contributed by atoms with van der Waals surface area (Å²) in [4.78, 5) is 24.0. The molecule has 0 bridgehead atoms. The maximum Gasteiger partial charge on any atom is 0.295 e. The molecule has 0 atom stereocenters. The first-order valence-electron chi connectivity index (χ1n) is 8.94. The summed E-state index contributed by atoms with van der Waals surface area (Å²) < 4.78 is 5.60. The van der Waals surface area contributed by atoms with Crippen LogP contribution in [0, 0.1) is 19.3 Å². The van der Waals surface area contributed by atoms with Crippen LogP contribution >= 0.6 is 11.6 Å². The summed E-state index contributed by atoms with van der Waals surface area (Å²) in [6, 6.07) is 14.7. The van der Waals surface area contributed by atoms with Gasteiger partial charge < -0.3 is 15.4 Å². The third kappa shape index (κ3) is 4.65. The molecule has 0 unspecified atom stereocenters. The molecule has 0 saturated heterocycles. The Morgan fingerprint density at radius 1 is 1.25 bits per heavy atom. The monoisotopic (exact) mass is 396 g/mol. The second kappa shape index (κ2) is 8.37. The van der Waals surface area contributed by atoms with Crippen LogP contribution in [0.1, 0.15) is 24.0 Å². The highest BCUT2D eigenvalue weighted by molar-refractivity contribution is 6.30. The Bertz CT molecular complexity index is 912.